The number of hydrogen-bond donors (Lipinski definition) is 3. The SMILES string of the molecule is CCOCCC1(Oc2ccc(Oc3ccc(CNC(=O)C(C)C)cc3)cc2)C(=O)NC(=O)NC1=O. The fourth-order valence-electron chi connectivity index (χ4n) is 3.26. The van der Waals surface area contributed by atoms with Crippen molar-refractivity contribution in [3.63, 3.8) is 0 Å². The van der Waals surface area contributed by atoms with Gasteiger partial charge in [-0.3, -0.25) is 25.0 Å². The molecule has 0 bridgehead atoms. The molecule has 1 aliphatic heterocycles. The molecule has 1 fully saturated rings. The summed E-state index contributed by atoms with van der Waals surface area (Å²) in [6.07, 6.45) is -0.0754. The Kier molecular flexibility index (Phi) is 8.43. The second-order valence-corrected chi connectivity index (χ2v) is 8.20. The lowest BCUT2D eigenvalue weighted by Crippen LogP contribution is -2.69. The first kappa shape index (κ1) is 25.7. The van der Waals surface area contributed by atoms with Gasteiger partial charge in [-0.05, 0) is 48.9 Å². The van der Waals surface area contributed by atoms with E-state index in [0.717, 1.165) is 5.56 Å². The van der Waals surface area contributed by atoms with E-state index in [1.54, 1.807) is 43.3 Å². The van der Waals surface area contributed by atoms with E-state index >= 15 is 0 Å². The van der Waals surface area contributed by atoms with Crippen molar-refractivity contribution in [3.8, 4) is 17.2 Å². The Morgan fingerprint density at radius 1 is 0.914 bits per heavy atom. The number of nitrogens with one attached hydrogen (secondary N) is 3. The maximum Gasteiger partial charge on any atom is 0.328 e. The zero-order valence-electron chi connectivity index (χ0n) is 19.9. The molecule has 1 saturated heterocycles. The van der Waals surface area contributed by atoms with Crippen LogP contribution in [0.3, 0.4) is 0 Å². The molecular weight excluding hydrogens is 454 g/mol. The van der Waals surface area contributed by atoms with Gasteiger partial charge in [-0.1, -0.05) is 26.0 Å². The van der Waals surface area contributed by atoms with Crippen molar-refractivity contribution in [2.45, 2.75) is 39.3 Å². The van der Waals surface area contributed by atoms with E-state index < -0.39 is 23.4 Å². The molecule has 5 amide bonds. The van der Waals surface area contributed by atoms with E-state index in [1.807, 2.05) is 26.0 Å². The van der Waals surface area contributed by atoms with Crippen LogP contribution in [0, 0.1) is 5.92 Å². The number of urea groups is 1. The average molecular weight is 484 g/mol. The molecule has 1 heterocycles. The third kappa shape index (κ3) is 6.57. The minimum Gasteiger partial charge on any atom is -0.467 e. The third-order valence-corrected chi connectivity index (χ3v) is 5.26. The van der Waals surface area contributed by atoms with Gasteiger partial charge in [-0.15, -0.1) is 0 Å². The van der Waals surface area contributed by atoms with E-state index in [0.29, 0.717) is 24.7 Å². The zero-order chi connectivity index (χ0) is 25.4. The van der Waals surface area contributed by atoms with Gasteiger partial charge in [0.1, 0.15) is 17.2 Å². The largest absolute Gasteiger partial charge is 0.467 e. The number of amides is 5. The molecule has 0 radical (unpaired) electrons. The Bertz CT molecular complexity index is 1050. The molecule has 0 saturated carbocycles. The summed E-state index contributed by atoms with van der Waals surface area (Å²) in [6, 6.07) is 12.8. The molecule has 0 atom stereocenters. The highest BCUT2D eigenvalue weighted by atomic mass is 16.5. The summed E-state index contributed by atoms with van der Waals surface area (Å²) >= 11 is 0. The van der Waals surface area contributed by atoms with E-state index in [4.69, 9.17) is 14.2 Å². The van der Waals surface area contributed by atoms with Crippen LogP contribution in [-0.4, -0.2) is 42.6 Å². The fourth-order valence-corrected chi connectivity index (χ4v) is 3.26. The summed E-state index contributed by atoms with van der Waals surface area (Å²) in [5, 5.41) is 7.02. The quantitative estimate of drug-likeness (QED) is 0.331. The molecule has 1 aliphatic rings. The summed E-state index contributed by atoms with van der Waals surface area (Å²) in [5.41, 5.74) is -0.998. The molecule has 10 heteroatoms. The van der Waals surface area contributed by atoms with Crippen LogP contribution in [0.2, 0.25) is 0 Å². The summed E-state index contributed by atoms with van der Waals surface area (Å²) in [6.45, 7) is 6.38. The van der Waals surface area contributed by atoms with E-state index in [2.05, 4.69) is 16.0 Å². The zero-order valence-corrected chi connectivity index (χ0v) is 19.9. The average Bonchev–Trinajstić information content (AvgIpc) is 2.83. The Hall–Kier alpha value is -3.92. The third-order valence-electron chi connectivity index (χ3n) is 5.26. The normalized spacial score (nSPS) is 14.8. The van der Waals surface area contributed by atoms with Gasteiger partial charge < -0.3 is 19.5 Å². The van der Waals surface area contributed by atoms with Crippen molar-refractivity contribution in [3.05, 3.63) is 54.1 Å². The molecule has 0 unspecified atom stereocenters. The van der Waals surface area contributed by atoms with Crippen molar-refractivity contribution >= 4 is 23.8 Å². The predicted octanol–water partition coefficient (Wildman–Crippen LogP) is 2.66. The molecule has 2 aromatic carbocycles. The molecule has 3 rings (SSSR count). The lowest BCUT2D eigenvalue weighted by atomic mass is 9.95. The van der Waals surface area contributed by atoms with Crippen molar-refractivity contribution in [2.24, 2.45) is 5.92 Å². The molecule has 0 aliphatic carbocycles. The molecule has 186 valence electrons. The van der Waals surface area contributed by atoms with E-state index in [-0.39, 0.29) is 30.6 Å². The Morgan fingerprint density at radius 2 is 1.46 bits per heavy atom. The van der Waals surface area contributed by atoms with Crippen LogP contribution >= 0.6 is 0 Å². The van der Waals surface area contributed by atoms with Crippen molar-refractivity contribution in [2.75, 3.05) is 13.2 Å². The Balaban J connectivity index is 1.65. The first-order valence-electron chi connectivity index (χ1n) is 11.3. The number of hydrogen-bond acceptors (Lipinski definition) is 7. The van der Waals surface area contributed by atoms with E-state index in [1.165, 1.54) is 0 Å². The van der Waals surface area contributed by atoms with Gasteiger partial charge in [0.15, 0.2) is 0 Å². The molecule has 35 heavy (non-hydrogen) atoms. The lowest BCUT2D eigenvalue weighted by Gasteiger charge is -2.34. The van der Waals surface area contributed by atoms with Crippen LogP contribution in [0.4, 0.5) is 4.79 Å². The maximum atomic E-state index is 12.6. The maximum absolute atomic E-state index is 12.6. The van der Waals surface area contributed by atoms with Gasteiger partial charge in [-0.2, -0.15) is 0 Å². The second kappa shape index (κ2) is 11.5. The summed E-state index contributed by atoms with van der Waals surface area (Å²) in [4.78, 5) is 48.3. The topological polar surface area (TPSA) is 132 Å². The van der Waals surface area contributed by atoms with Crippen LogP contribution in [0.15, 0.2) is 48.5 Å². The summed E-state index contributed by atoms with van der Waals surface area (Å²) in [5.74, 6) is -0.447. The fraction of sp³-hybridized carbons (Fsp3) is 0.360. The van der Waals surface area contributed by atoms with Crippen LogP contribution in [-0.2, 0) is 25.7 Å². The number of rotatable bonds is 11. The Morgan fingerprint density at radius 3 is 2.00 bits per heavy atom. The molecule has 10 nitrogen and oxygen atoms in total. The van der Waals surface area contributed by atoms with Crippen molar-refractivity contribution in [1.82, 2.24) is 16.0 Å². The number of ether oxygens (including phenoxy) is 3. The van der Waals surface area contributed by atoms with Gasteiger partial charge in [-0.25, -0.2) is 4.79 Å². The van der Waals surface area contributed by atoms with Gasteiger partial charge in [0.25, 0.3) is 17.4 Å². The van der Waals surface area contributed by atoms with Crippen LogP contribution in [0.5, 0.6) is 17.2 Å². The molecular formula is C25H29N3O7. The first-order chi connectivity index (χ1) is 16.7. The van der Waals surface area contributed by atoms with Gasteiger partial charge in [0.2, 0.25) is 5.91 Å². The Labute approximate surface area is 203 Å². The highest BCUT2D eigenvalue weighted by molar-refractivity contribution is 6.21. The first-order valence-corrected chi connectivity index (χ1v) is 11.3. The minimum absolute atomic E-state index is 0.0120. The molecule has 2 aromatic rings. The van der Waals surface area contributed by atoms with Crippen LogP contribution in [0.1, 0.15) is 32.8 Å². The van der Waals surface area contributed by atoms with Gasteiger partial charge in [0.05, 0.1) is 6.61 Å². The minimum atomic E-state index is -1.94. The van der Waals surface area contributed by atoms with Crippen molar-refractivity contribution in [1.29, 1.82) is 0 Å². The predicted molar refractivity (Wildman–Crippen MR) is 126 cm³/mol. The van der Waals surface area contributed by atoms with E-state index in [9.17, 15) is 19.2 Å². The monoisotopic (exact) mass is 483 g/mol. The number of barbiturate groups is 1. The molecule has 0 spiro atoms. The number of benzene rings is 2. The standard InChI is InChI=1S/C25H29N3O7/c1-4-33-14-13-25(22(30)27-24(32)28-23(25)31)35-20-11-9-19(10-12-20)34-18-7-5-17(6-8-18)15-26-21(29)16(2)3/h5-12,16H,4,13-15H2,1-3H3,(H,26,29)(H2,27,28,30,31,32). The number of carbonyl (C=O) groups is 4. The summed E-state index contributed by atoms with van der Waals surface area (Å²) in [7, 11) is 0. The lowest BCUT2D eigenvalue weighted by molar-refractivity contribution is -0.153. The smallest absolute Gasteiger partial charge is 0.328 e. The number of carbonyl (C=O) groups excluding carboxylic acids is 4. The van der Waals surface area contributed by atoms with Crippen LogP contribution < -0.4 is 25.4 Å². The highest BCUT2D eigenvalue weighted by Crippen LogP contribution is 2.28. The molecule has 3 N–H and O–H groups in total. The van der Waals surface area contributed by atoms with Crippen molar-refractivity contribution < 1.29 is 33.4 Å². The second-order valence-electron chi connectivity index (χ2n) is 8.20. The summed E-state index contributed by atoms with van der Waals surface area (Å²) < 4.78 is 16.9. The number of imide groups is 2. The highest BCUT2D eigenvalue weighted by Gasteiger charge is 2.52. The molecule has 0 aromatic heterocycles. The van der Waals surface area contributed by atoms with Gasteiger partial charge in [0, 0.05) is 25.5 Å². The van der Waals surface area contributed by atoms with Crippen LogP contribution in [0.25, 0.3) is 0 Å². The van der Waals surface area contributed by atoms with Gasteiger partial charge >= 0.3 is 6.03 Å².